The number of pyridine rings is 1. The molecule has 0 bridgehead atoms. The van der Waals surface area contributed by atoms with E-state index in [1.807, 2.05) is 54.6 Å². The number of carbonyl (C=O) groups is 1. The first-order chi connectivity index (χ1) is 21.9. The molecule has 0 radical (unpaired) electrons. The van der Waals surface area contributed by atoms with E-state index < -0.39 is 0 Å². The van der Waals surface area contributed by atoms with Gasteiger partial charge in [-0.05, 0) is 66.6 Å². The van der Waals surface area contributed by atoms with E-state index in [0.717, 1.165) is 30.1 Å². The number of nitrogens with zero attached hydrogens (tertiary/aromatic N) is 5. The van der Waals surface area contributed by atoms with Crippen LogP contribution >= 0.6 is 24.0 Å². The zero-order valence-corrected chi connectivity index (χ0v) is 26.9. The first kappa shape index (κ1) is 30.5. The monoisotopic (exact) mass is 643 g/mol. The van der Waals surface area contributed by atoms with Gasteiger partial charge in [0.25, 0.3) is 11.5 Å². The van der Waals surface area contributed by atoms with Gasteiger partial charge in [0.05, 0.1) is 31.8 Å². The molecule has 0 N–H and O–H groups in total. The molecule has 2 aromatic heterocycles. The summed E-state index contributed by atoms with van der Waals surface area (Å²) in [6.45, 7) is 3.22. The van der Waals surface area contributed by atoms with E-state index >= 15 is 0 Å². The first-order valence-electron chi connectivity index (χ1n) is 14.5. The van der Waals surface area contributed by atoms with Crippen molar-refractivity contribution < 1.29 is 19.0 Å². The molecule has 0 spiro atoms. The summed E-state index contributed by atoms with van der Waals surface area (Å²) in [5.41, 5.74) is 2.79. The molecular weight excluding hydrogens is 611 g/mol. The Morgan fingerprint density at radius 1 is 0.889 bits per heavy atom. The highest BCUT2D eigenvalue weighted by molar-refractivity contribution is 8.26. The fourth-order valence-electron chi connectivity index (χ4n) is 5.53. The van der Waals surface area contributed by atoms with Crippen LogP contribution in [0.3, 0.4) is 0 Å². The number of rotatable bonds is 9. The number of hydrogen-bond acceptors (Lipinski definition) is 10. The average molecular weight is 644 g/mol. The lowest BCUT2D eigenvalue weighted by Crippen LogP contribution is -2.47. The van der Waals surface area contributed by atoms with Gasteiger partial charge in [-0.15, -0.1) is 0 Å². The molecule has 0 aliphatic carbocycles. The number of hydrogen-bond donors (Lipinski definition) is 0. The minimum Gasteiger partial charge on any atom is -0.497 e. The fourth-order valence-corrected chi connectivity index (χ4v) is 6.82. The lowest BCUT2D eigenvalue weighted by atomic mass is 10.1. The predicted molar refractivity (Wildman–Crippen MR) is 182 cm³/mol. The molecule has 0 unspecified atom stereocenters. The minimum absolute atomic E-state index is 0.224. The highest BCUT2D eigenvalue weighted by Gasteiger charge is 2.33. The van der Waals surface area contributed by atoms with Gasteiger partial charge in [0.2, 0.25) is 0 Å². The molecule has 12 heteroatoms. The van der Waals surface area contributed by atoms with Crippen molar-refractivity contribution in [1.29, 1.82) is 0 Å². The summed E-state index contributed by atoms with van der Waals surface area (Å²) >= 11 is 6.82. The second-order valence-electron chi connectivity index (χ2n) is 10.5. The van der Waals surface area contributed by atoms with Gasteiger partial charge in [-0.25, -0.2) is 4.98 Å². The number of carbonyl (C=O) groups excluding carboxylic acids is 1. The maximum Gasteiger partial charge on any atom is 0.267 e. The molecule has 6 rings (SSSR count). The lowest BCUT2D eigenvalue weighted by Gasteiger charge is -2.37. The second kappa shape index (κ2) is 13.2. The molecule has 2 aromatic carbocycles. The second-order valence-corrected chi connectivity index (χ2v) is 12.2. The van der Waals surface area contributed by atoms with E-state index in [2.05, 4.69) is 9.80 Å². The number of thiocarbonyl (C=S) groups is 1. The van der Waals surface area contributed by atoms with Gasteiger partial charge in [-0.2, -0.15) is 0 Å². The Hall–Kier alpha value is -4.55. The first-order valence-corrected chi connectivity index (χ1v) is 15.7. The molecule has 1 amide bonds. The number of fused-ring (bicyclic) bond motifs is 1. The van der Waals surface area contributed by atoms with Crippen LogP contribution in [0, 0.1) is 0 Å². The molecule has 4 aromatic rings. The molecule has 232 valence electrons. The molecule has 0 saturated carbocycles. The Bertz CT molecular complexity index is 1830. The van der Waals surface area contributed by atoms with Gasteiger partial charge in [0, 0.05) is 44.6 Å². The van der Waals surface area contributed by atoms with Crippen LogP contribution in [0.25, 0.3) is 11.7 Å². The van der Waals surface area contributed by atoms with Crippen molar-refractivity contribution in [2.45, 2.75) is 6.42 Å². The molecule has 4 heterocycles. The predicted octanol–water partition coefficient (Wildman–Crippen LogP) is 4.49. The van der Waals surface area contributed by atoms with E-state index in [0.29, 0.717) is 63.8 Å². The van der Waals surface area contributed by atoms with E-state index in [1.54, 1.807) is 44.6 Å². The summed E-state index contributed by atoms with van der Waals surface area (Å²) in [7, 11) is 4.84. The summed E-state index contributed by atoms with van der Waals surface area (Å²) < 4.78 is 18.0. The Kier molecular flexibility index (Phi) is 8.95. The van der Waals surface area contributed by atoms with E-state index in [9.17, 15) is 9.59 Å². The number of amides is 1. The summed E-state index contributed by atoms with van der Waals surface area (Å²) in [6, 6.07) is 19.2. The van der Waals surface area contributed by atoms with Gasteiger partial charge in [0.15, 0.2) is 11.5 Å². The topological polar surface area (TPSA) is 88.9 Å². The average Bonchev–Trinajstić information content (AvgIpc) is 3.35. The molecule has 10 nitrogen and oxygen atoms in total. The largest absolute Gasteiger partial charge is 0.497 e. The van der Waals surface area contributed by atoms with Crippen LogP contribution in [-0.2, 0) is 11.2 Å². The third-order valence-electron chi connectivity index (χ3n) is 7.99. The van der Waals surface area contributed by atoms with Crippen LogP contribution in [0.2, 0.25) is 0 Å². The molecule has 2 aliphatic rings. The van der Waals surface area contributed by atoms with Crippen molar-refractivity contribution in [3.63, 3.8) is 0 Å². The van der Waals surface area contributed by atoms with Crippen molar-refractivity contribution in [2.24, 2.45) is 0 Å². The molecule has 0 atom stereocenters. The van der Waals surface area contributed by atoms with Crippen LogP contribution in [0.4, 0.5) is 11.5 Å². The van der Waals surface area contributed by atoms with E-state index in [1.165, 1.54) is 16.2 Å². The molecule has 45 heavy (non-hydrogen) atoms. The third-order valence-corrected chi connectivity index (χ3v) is 9.36. The standard InChI is InChI=1S/C33H33N5O5S2/c1-41-24-10-8-23(9-11-24)35-16-18-36(19-17-35)30-25(31(39)37-14-5-4-6-29(37)34-30)21-28-32(40)38(33(44)45-28)15-13-22-7-12-26(42-2)27(20-22)43-3/h4-12,14,20-21H,13,15-19H2,1-3H3. The summed E-state index contributed by atoms with van der Waals surface area (Å²) in [6.07, 6.45) is 3.93. The Balaban J connectivity index is 1.25. The number of benzene rings is 2. The Labute approximate surface area is 270 Å². The number of ether oxygens (including phenoxy) is 3. The van der Waals surface area contributed by atoms with Gasteiger partial charge >= 0.3 is 0 Å². The zero-order valence-electron chi connectivity index (χ0n) is 25.3. The van der Waals surface area contributed by atoms with Crippen LogP contribution < -0.4 is 29.6 Å². The molecule has 2 aliphatic heterocycles. The Morgan fingerprint density at radius 3 is 2.33 bits per heavy atom. The molecule has 2 fully saturated rings. The van der Waals surface area contributed by atoms with Crippen molar-refractivity contribution in [3.05, 3.63) is 93.2 Å². The summed E-state index contributed by atoms with van der Waals surface area (Å²) in [5, 5.41) is 0. The molecular formula is C33H33N5O5S2. The maximum absolute atomic E-state index is 13.9. The van der Waals surface area contributed by atoms with Gasteiger partial charge in [-0.3, -0.25) is 18.9 Å². The fraction of sp³-hybridized carbons (Fsp3) is 0.273. The van der Waals surface area contributed by atoms with E-state index in [-0.39, 0.29) is 11.5 Å². The number of methoxy groups -OCH3 is 3. The SMILES string of the molecule is COc1ccc(N2CCN(c3nc4ccccn4c(=O)c3C=C3SC(=S)N(CCc4ccc(OC)c(OC)c4)C3=O)CC2)cc1. The van der Waals surface area contributed by atoms with Crippen molar-refractivity contribution in [3.8, 4) is 17.2 Å². The molecule has 2 saturated heterocycles. The smallest absolute Gasteiger partial charge is 0.267 e. The van der Waals surface area contributed by atoms with Gasteiger partial charge < -0.3 is 24.0 Å². The normalized spacial score (nSPS) is 16.2. The minimum atomic E-state index is -0.233. The zero-order chi connectivity index (χ0) is 31.5. The summed E-state index contributed by atoms with van der Waals surface area (Å²) in [4.78, 5) is 38.8. The van der Waals surface area contributed by atoms with Crippen molar-refractivity contribution in [1.82, 2.24) is 14.3 Å². The lowest BCUT2D eigenvalue weighted by molar-refractivity contribution is -0.122. The highest BCUT2D eigenvalue weighted by atomic mass is 32.2. The summed E-state index contributed by atoms with van der Waals surface area (Å²) in [5.74, 6) is 2.42. The van der Waals surface area contributed by atoms with Crippen LogP contribution in [0.1, 0.15) is 11.1 Å². The number of piperazine rings is 1. The quantitative estimate of drug-likeness (QED) is 0.192. The maximum atomic E-state index is 13.9. The number of aromatic nitrogens is 2. The highest BCUT2D eigenvalue weighted by Crippen LogP contribution is 2.34. The van der Waals surface area contributed by atoms with Crippen LogP contribution in [0.15, 0.2) is 76.6 Å². The third kappa shape index (κ3) is 6.20. The van der Waals surface area contributed by atoms with Gasteiger partial charge in [-0.1, -0.05) is 36.1 Å². The van der Waals surface area contributed by atoms with Crippen LogP contribution in [-0.4, -0.2) is 78.6 Å². The van der Waals surface area contributed by atoms with Crippen LogP contribution in [0.5, 0.6) is 17.2 Å². The van der Waals surface area contributed by atoms with E-state index in [4.69, 9.17) is 31.4 Å². The Morgan fingerprint density at radius 2 is 1.62 bits per heavy atom. The van der Waals surface area contributed by atoms with Gasteiger partial charge in [0.1, 0.15) is 21.5 Å². The van der Waals surface area contributed by atoms with Crippen molar-refractivity contribution >= 4 is 57.4 Å². The number of anilines is 2. The number of thioether (sulfide) groups is 1. The van der Waals surface area contributed by atoms with Crippen molar-refractivity contribution in [2.75, 3.05) is 63.9 Å².